The van der Waals surface area contributed by atoms with Crippen molar-refractivity contribution in [3.63, 3.8) is 0 Å². The Morgan fingerprint density at radius 1 is 1.12 bits per heavy atom. The molecule has 0 spiro atoms. The van der Waals surface area contributed by atoms with Crippen LogP contribution in [0.3, 0.4) is 0 Å². The summed E-state index contributed by atoms with van der Waals surface area (Å²) < 4.78 is 5.00. The van der Waals surface area contributed by atoms with Gasteiger partial charge in [-0.1, -0.05) is 30.3 Å². The van der Waals surface area contributed by atoms with E-state index in [4.69, 9.17) is 4.74 Å². The molecule has 2 atom stereocenters. The molecule has 1 heterocycles. The van der Waals surface area contributed by atoms with Gasteiger partial charge in [0.2, 0.25) is 5.91 Å². The lowest BCUT2D eigenvalue weighted by molar-refractivity contribution is -0.117. The topological polar surface area (TPSA) is 46.6 Å². The van der Waals surface area contributed by atoms with Crippen LogP contribution in [0.2, 0.25) is 0 Å². The number of thioether (sulfide) groups is 1. The highest BCUT2D eigenvalue weighted by atomic mass is 32.2. The summed E-state index contributed by atoms with van der Waals surface area (Å²) in [4.78, 5) is 26.2. The van der Waals surface area contributed by atoms with E-state index in [9.17, 15) is 9.59 Å². The molecule has 0 bridgehead atoms. The molecule has 5 heteroatoms. The molecule has 1 aliphatic rings. The first-order valence-electron chi connectivity index (χ1n) is 7.92. The summed E-state index contributed by atoms with van der Waals surface area (Å²) in [6, 6.07) is 17.0. The van der Waals surface area contributed by atoms with E-state index in [1.807, 2.05) is 37.3 Å². The van der Waals surface area contributed by atoms with Crippen molar-refractivity contribution in [3.05, 3.63) is 65.7 Å². The Hall–Kier alpha value is -2.27. The van der Waals surface area contributed by atoms with Crippen molar-refractivity contribution in [2.45, 2.75) is 24.5 Å². The molecule has 0 radical (unpaired) electrons. The molecule has 24 heavy (non-hydrogen) atoms. The van der Waals surface area contributed by atoms with E-state index >= 15 is 0 Å². The second kappa shape index (κ2) is 7.09. The zero-order chi connectivity index (χ0) is 17.1. The van der Waals surface area contributed by atoms with E-state index in [1.165, 1.54) is 0 Å². The van der Waals surface area contributed by atoms with Crippen molar-refractivity contribution in [2.75, 3.05) is 11.5 Å². The number of carbonyl (C=O) groups is 2. The maximum Gasteiger partial charge on any atom is 0.338 e. The van der Waals surface area contributed by atoms with Crippen LogP contribution in [0.15, 0.2) is 54.6 Å². The summed E-state index contributed by atoms with van der Waals surface area (Å²) in [7, 11) is 0. The molecule has 2 aromatic rings. The number of ether oxygens (including phenoxy) is 1. The maximum atomic E-state index is 12.6. The van der Waals surface area contributed by atoms with Crippen LogP contribution in [0.25, 0.3) is 0 Å². The second-order valence-electron chi connectivity index (χ2n) is 5.52. The number of carbonyl (C=O) groups excluding carboxylic acids is 2. The first-order chi connectivity index (χ1) is 11.6. The number of anilines is 1. The van der Waals surface area contributed by atoms with Crippen LogP contribution >= 0.6 is 11.8 Å². The highest BCUT2D eigenvalue weighted by molar-refractivity contribution is 8.01. The number of rotatable bonds is 4. The number of esters is 1. The highest BCUT2D eigenvalue weighted by Crippen LogP contribution is 2.45. The first kappa shape index (κ1) is 16.6. The normalized spacial score (nSPS) is 20.2. The molecule has 1 amide bonds. The molecule has 0 aliphatic carbocycles. The van der Waals surface area contributed by atoms with Gasteiger partial charge in [-0.05, 0) is 43.7 Å². The number of nitrogens with zero attached hydrogens (tertiary/aromatic N) is 1. The zero-order valence-electron chi connectivity index (χ0n) is 13.6. The van der Waals surface area contributed by atoms with Gasteiger partial charge < -0.3 is 4.74 Å². The van der Waals surface area contributed by atoms with Gasteiger partial charge in [0, 0.05) is 5.69 Å². The van der Waals surface area contributed by atoms with Crippen LogP contribution < -0.4 is 4.90 Å². The van der Waals surface area contributed by atoms with E-state index in [-0.39, 0.29) is 22.5 Å². The Morgan fingerprint density at radius 2 is 1.79 bits per heavy atom. The average Bonchev–Trinajstić information content (AvgIpc) is 2.91. The van der Waals surface area contributed by atoms with Gasteiger partial charge >= 0.3 is 5.97 Å². The highest BCUT2D eigenvalue weighted by Gasteiger charge is 2.39. The van der Waals surface area contributed by atoms with Crippen LogP contribution in [0.5, 0.6) is 0 Å². The van der Waals surface area contributed by atoms with Gasteiger partial charge in [-0.15, -0.1) is 11.8 Å². The second-order valence-corrected chi connectivity index (χ2v) is 6.94. The maximum absolute atomic E-state index is 12.6. The predicted octanol–water partition coefficient (Wildman–Crippen LogP) is 4.03. The van der Waals surface area contributed by atoms with Gasteiger partial charge in [-0.2, -0.15) is 0 Å². The largest absolute Gasteiger partial charge is 0.462 e. The van der Waals surface area contributed by atoms with Crippen molar-refractivity contribution in [3.8, 4) is 0 Å². The Labute approximate surface area is 145 Å². The lowest BCUT2D eigenvalue weighted by Crippen LogP contribution is -2.30. The summed E-state index contributed by atoms with van der Waals surface area (Å²) in [5.41, 5.74) is 2.37. The fourth-order valence-corrected chi connectivity index (χ4v) is 3.98. The molecular weight excluding hydrogens is 322 g/mol. The minimum absolute atomic E-state index is 0.0536. The number of hydrogen-bond acceptors (Lipinski definition) is 4. The Bertz CT molecular complexity index is 730. The molecule has 1 aliphatic heterocycles. The van der Waals surface area contributed by atoms with Crippen molar-refractivity contribution in [2.24, 2.45) is 0 Å². The molecule has 124 valence electrons. The third-order valence-electron chi connectivity index (χ3n) is 3.89. The Kier molecular flexibility index (Phi) is 4.90. The van der Waals surface area contributed by atoms with Gasteiger partial charge in [0.1, 0.15) is 5.37 Å². The summed E-state index contributed by atoms with van der Waals surface area (Å²) in [5.74, 6) is -0.267. The summed E-state index contributed by atoms with van der Waals surface area (Å²) >= 11 is 1.63. The third kappa shape index (κ3) is 3.17. The molecule has 1 fully saturated rings. The van der Waals surface area contributed by atoms with Gasteiger partial charge in [0.05, 0.1) is 17.4 Å². The molecule has 2 aromatic carbocycles. The summed E-state index contributed by atoms with van der Waals surface area (Å²) in [6.07, 6.45) is 0. The van der Waals surface area contributed by atoms with Crippen molar-refractivity contribution < 1.29 is 14.3 Å². The van der Waals surface area contributed by atoms with E-state index < -0.39 is 0 Å². The SMILES string of the molecule is CCOC(=O)c1ccc(N2C(=O)[C@H](C)S[C@@H]2c2ccccc2)cc1. The smallest absolute Gasteiger partial charge is 0.338 e. The third-order valence-corrected chi connectivity index (χ3v) is 5.24. The van der Waals surface area contributed by atoms with Crippen LogP contribution in [-0.4, -0.2) is 23.7 Å². The van der Waals surface area contributed by atoms with E-state index in [1.54, 1.807) is 47.9 Å². The van der Waals surface area contributed by atoms with Crippen LogP contribution in [0.4, 0.5) is 5.69 Å². The molecular formula is C19H19NO3S. The summed E-state index contributed by atoms with van der Waals surface area (Å²) in [5, 5.41) is -0.151. The van der Waals surface area contributed by atoms with Crippen LogP contribution in [0.1, 0.15) is 35.1 Å². The predicted molar refractivity (Wildman–Crippen MR) is 96.1 cm³/mol. The minimum Gasteiger partial charge on any atom is -0.462 e. The molecule has 0 saturated carbocycles. The number of benzene rings is 2. The lowest BCUT2D eigenvalue weighted by Gasteiger charge is -2.24. The fourth-order valence-electron chi connectivity index (χ4n) is 2.70. The van der Waals surface area contributed by atoms with Gasteiger partial charge in [-0.3, -0.25) is 9.69 Å². The first-order valence-corrected chi connectivity index (χ1v) is 8.86. The van der Waals surface area contributed by atoms with Crippen LogP contribution in [0, 0.1) is 0 Å². The summed E-state index contributed by atoms with van der Waals surface area (Å²) in [6.45, 7) is 4.05. The fraction of sp³-hybridized carbons (Fsp3) is 0.263. The molecule has 0 aromatic heterocycles. The van der Waals surface area contributed by atoms with Gasteiger partial charge in [0.25, 0.3) is 0 Å². The van der Waals surface area contributed by atoms with E-state index in [0.717, 1.165) is 11.3 Å². The minimum atomic E-state index is -0.348. The molecule has 1 saturated heterocycles. The zero-order valence-corrected chi connectivity index (χ0v) is 14.5. The molecule has 4 nitrogen and oxygen atoms in total. The van der Waals surface area contributed by atoms with Gasteiger partial charge in [0.15, 0.2) is 0 Å². The van der Waals surface area contributed by atoms with Gasteiger partial charge in [-0.25, -0.2) is 4.79 Å². The molecule has 0 N–H and O–H groups in total. The van der Waals surface area contributed by atoms with E-state index in [0.29, 0.717) is 12.2 Å². The monoisotopic (exact) mass is 341 g/mol. The number of amides is 1. The van der Waals surface area contributed by atoms with E-state index in [2.05, 4.69) is 0 Å². The lowest BCUT2D eigenvalue weighted by atomic mass is 10.1. The Balaban J connectivity index is 1.90. The van der Waals surface area contributed by atoms with Crippen molar-refractivity contribution in [1.82, 2.24) is 0 Å². The molecule has 3 rings (SSSR count). The Morgan fingerprint density at radius 3 is 2.42 bits per heavy atom. The van der Waals surface area contributed by atoms with Crippen molar-refractivity contribution >= 4 is 29.3 Å². The standard InChI is InChI=1S/C19H19NO3S/c1-3-23-19(22)15-9-11-16(12-10-15)20-17(21)13(2)24-18(20)14-7-5-4-6-8-14/h4-13,18H,3H2,1-2H3/t13-,18+/m0/s1. The average molecular weight is 341 g/mol. The number of hydrogen-bond donors (Lipinski definition) is 0. The quantitative estimate of drug-likeness (QED) is 0.788. The van der Waals surface area contributed by atoms with Crippen LogP contribution in [-0.2, 0) is 9.53 Å². The van der Waals surface area contributed by atoms with Crippen molar-refractivity contribution in [1.29, 1.82) is 0 Å². The molecule has 0 unspecified atom stereocenters.